The van der Waals surface area contributed by atoms with Crippen LogP contribution >= 0.6 is 0 Å². The Morgan fingerprint density at radius 1 is 0.657 bits per heavy atom. The summed E-state index contributed by atoms with van der Waals surface area (Å²) in [5.74, 6) is 0. The maximum absolute atomic E-state index is 8.49. The van der Waals surface area contributed by atoms with Gasteiger partial charge in [-0.15, -0.1) is 10.2 Å². The smallest absolute Gasteiger partial charge is 0.652 e. The number of pyridine rings is 3. The standard InChI is InChI=1S/C21H24N4.CH2O3.ClHO4.Co/c1-4-13-22-19(7-1)10-16-25(17-11-20-8-2-5-14-23-20)18-12-21-9-3-6-15-24-21;2-1(3)4;2-1(3,4)5;/h1-9,13-15H,10-12,16-18H2;(H2,2,3,4);(H,2,3,4,5);/q;;;+3/p-3. The van der Waals surface area contributed by atoms with E-state index < -0.39 is 16.4 Å². The molecule has 3 aromatic rings. The summed E-state index contributed by atoms with van der Waals surface area (Å²) in [7, 11) is -4.94. The summed E-state index contributed by atoms with van der Waals surface area (Å²) in [6.45, 7) is 2.99. The minimum atomic E-state index is -4.94. The summed E-state index contributed by atoms with van der Waals surface area (Å²) < 4.78 is 34.0. The van der Waals surface area contributed by atoms with Crippen molar-refractivity contribution in [2.75, 3.05) is 19.6 Å². The van der Waals surface area contributed by atoms with Crippen LogP contribution in [0.3, 0.4) is 0 Å². The van der Waals surface area contributed by atoms with Crippen molar-refractivity contribution in [3.63, 3.8) is 0 Å². The molecular weight excluding hydrogens is 527 g/mol. The second kappa shape index (κ2) is 18.6. The van der Waals surface area contributed by atoms with Crippen molar-refractivity contribution in [3.05, 3.63) is 90.3 Å². The molecule has 0 saturated carbocycles. The Labute approximate surface area is 215 Å². The van der Waals surface area contributed by atoms with Crippen LogP contribution in [-0.4, -0.2) is 45.6 Å². The Bertz CT molecular complexity index is 810. The van der Waals surface area contributed by atoms with Gasteiger partial charge in [0.15, 0.2) is 0 Å². The van der Waals surface area contributed by atoms with E-state index >= 15 is 0 Å². The number of carboxylic acid groups (broad SMARTS) is 2. The molecule has 3 heterocycles. The first-order chi connectivity index (χ1) is 16.1. The number of halogens is 1. The Morgan fingerprint density at radius 3 is 1.11 bits per heavy atom. The van der Waals surface area contributed by atoms with E-state index in [0.717, 1.165) is 56.0 Å². The fourth-order valence-electron chi connectivity index (χ4n) is 2.79. The van der Waals surface area contributed by atoms with Crippen molar-refractivity contribution >= 4 is 6.16 Å². The van der Waals surface area contributed by atoms with E-state index in [-0.39, 0.29) is 16.8 Å². The molecular formula is C22H24ClCoN4O7. The van der Waals surface area contributed by atoms with Crippen LogP contribution in [0.4, 0.5) is 4.79 Å². The molecule has 13 heteroatoms. The summed E-state index contributed by atoms with van der Waals surface area (Å²) in [5, 5.41) is 16.7. The second-order valence-corrected chi connectivity index (χ2v) is 7.44. The maximum Gasteiger partial charge on any atom is 3.00 e. The first-order valence-electron chi connectivity index (χ1n) is 10.1. The molecule has 0 atom stereocenters. The van der Waals surface area contributed by atoms with Gasteiger partial charge < -0.3 is 19.9 Å². The van der Waals surface area contributed by atoms with Crippen LogP contribution in [0.25, 0.3) is 0 Å². The fraction of sp³-hybridized carbons (Fsp3) is 0.273. The Balaban J connectivity index is 0.000000996. The van der Waals surface area contributed by atoms with Gasteiger partial charge in [0.2, 0.25) is 0 Å². The minimum Gasteiger partial charge on any atom is -0.652 e. The summed E-state index contributed by atoms with van der Waals surface area (Å²) in [5.41, 5.74) is 3.43. The van der Waals surface area contributed by atoms with Gasteiger partial charge in [-0.05, 0) is 42.6 Å². The van der Waals surface area contributed by atoms with Crippen molar-refractivity contribution in [1.29, 1.82) is 0 Å². The number of aromatic nitrogens is 3. The quantitative estimate of drug-likeness (QED) is 0.251. The molecule has 0 amide bonds. The van der Waals surface area contributed by atoms with Crippen molar-refractivity contribution in [1.82, 2.24) is 19.9 Å². The SMILES string of the molecule is O=C([O-])[O-].[Co+3].[O-][Cl+3]([O-])([O-])[O-].c1ccc(CCN(CCc2ccccn2)CCc2ccccn2)nc1. The van der Waals surface area contributed by atoms with Crippen molar-refractivity contribution in [2.24, 2.45) is 0 Å². The maximum atomic E-state index is 8.49. The van der Waals surface area contributed by atoms with Gasteiger partial charge >= 0.3 is 16.8 Å². The molecule has 0 fully saturated rings. The number of carbonyl (C=O) groups is 1. The summed E-state index contributed by atoms with van der Waals surface area (Å²) >= 11 is 0. The summed E-state index contributed by atoms with van der Waals surface area (Å²) in [6, 6.07) is 18.3. The number of rotatable bonds is 9. The number of carbonyl (C=O) groups excluding carboxylic acids is 1. The van der Waals surface area contributed by atoms with Crippen LogP contribution in [0.2, 0.25) is 0 Å². The molecule has 0 aliphatic rings. The number of hydrogen-bond donors (Lipinski definition) is 0. The van der Waals surface area contributed by atoms with Gasteiger partial charge in [0.05, 0.1) is 0 Å². The molecule has 0 aliphatic heterocycles. The van der Waals surface area contributed by atoms with Crippen molar-refractivity contribution in [3.8, 4) is 0 Å². The summed E-state index contributed by atoms with van der Waals surface area (Å²) in [4.78, 5) is 24.1. The average Bonchev–Trinajstić information content (AvgIpc) is 2.79. The molecule has 35 heavy (non-hydrogen) atoms. The van der Waals surface area contributed by atoms with Gasteiger partial charge in [0, 0.05) is 74.6 Å². The molecule has 11 nitrogen and oxygen atoms in total. The Hall–Kier alpha value is -2.68. The zero-order valence-electron chi connectivity index (χ0n) is 18.5. The molecule has 3 aromatic heterocycles. The molecule has 0 radical (unpaired) electrons. The van der Waals surface area contributed by atoms with E-state index in [4.69, 9.17) is 33.6 Å². The minimum absolute atomic E-state index is 0. The largest absolute Gasteiger partial charge is 3.00 e. The Kier molecular flexibility index (Phi) is 17.2. The number of nitrogens with zero attached hydrogens (tertiary/aromatic N) is 4. The first-order valence-corrected chi connectivity index (χ1v) is 11.3. The van der Waals surface area contributed by atoms with Crippen molar-refractivity contribution < 1.29 is 60.7 Å². The van der Waals surface area contributed by atoms with Gasteiger partial charge in [0.1, 0.15) is 0 Å². The Morgan fingerprint density at radius 2 is 0.914 bits per heavy atom. The molecule has 0 spiro atoms. The van der Waals surface area contributed by atoms with Crippen LogP contribution in [-0.2, 0) is 36.0 Å². The molecule has 0 N–H and O–H groups in total. The molecule has 0 aliphatic carbocycles. The molecule has 3 rings (SSSR count). The number of hydrogen-bond acceptors (Lipinski definition) is 11. The molecule has 0 bridgehead atoms. The van der Waals surface area contributed by atoms with E-state index in [0.29, 0.717) is 0 Å². The zero-order chi connectivity index (χ0) is 25.2. The third-order valence-electron chi connectivity index (χ3n) is 4.23. The molecule has 190 valence electrons. The average molecular weight is 551 g/mol. The van der Waals surface area contributed by atoms with E-state index in [2.05, 4.69) is 56.3 Å². The van der Waals surface area contributed by atoms with E-state index in [1.165, 1.54) is 0 Å². The van der Waals surface area contributed by atoms with Crippen molar-refractivity contribution in [2.45, 2.75) is 19.3 Å². The van der Waals surface area contributed by atoms with Crippen LogP contribution in [0.1, 0.15) is 17.1 Å². The molecule has 0 aromatic carbocycles. The third-order valence-corrected chi connectivity index (χ3v) is 4.23. The fourth-order valence-corrected chi connectivity index (χ4v) is 2.79. The normalized spacial score (nSPS) is 10.2. The van der Waals surface area contributed by atoms with Crippen LogP contribution in [0.15, 0.2) is 73.2 Å². The van der Waals surface area contributed by atoms with Gasteiger partial charge in [-0.25, -0.2) is 18.6 Å². The summed E-state index contributed by atoms with van der Waals surface area (Å²) in [6.07, 6.45) is 6.15. The van der Waals surface area contributed by atoms with Crippen LogP contribution in [0.5, 0.6) is 0 Å². The molecule has 0 unspecified atom stereocenters. The third kappa shape index (κ3) is 20.4. The predicted molar refractivity (Wildman–Crippen MR) is 106 cm³/mol. The first kappa shape index (κ1) is 32.3. The van der Waals surface area contributed by atoms with Gasteiger partial charge in [-0.3, -0.25) is 15.0 Å². The van der Waals surface area contributed by atoms with Crippen LogP contribution < -0.4 is 28.8 Å². The molecule has 0 saturated heterocycles. The van der Waals surface area contributed by atoms with Gasteiger partial charge in [0.25, 0.3) is 0 Å². The monoisotopic (exact) mass is 550 g/mol. The van der Waals surface area contributed by atoms with E-state index in [1.54, 1.807) is 0 Å². The van der Waals surface area contributed by atoms with E-state index in [1.807, 2.05) is 36.8 Å². The van der Waals surface area contributed by atoms with Crippen LogP contribution in [0, 0.1) is 10.2 Å². The van der Waals surface area contributed by atoms with Gasteiger partial charge in [-0.2, -0.15) is 0 Å². The predicted octanol–water partition coefficient (Wildman–Crippen LogP) is -4.00. The van der Waals surface area contributed by atoms with Gasteiger partial charge in [-0.1, -0.05) is 18.2 Å². The second-order valence-electron chi connectivity index (χ2n) is 6.68. The zero-order valence-corrected chi connectivity index (χ0v) is 20.3. The van der Waals surface area contributed by atoms with E-state index in [9.17, 15) is 0 Å². The topological polar surface area (TPSA) is 197 Å².